The molecule has 2 aliphatic carbocycles. The second kappa shape index (κ2) is 7.47. The summed E-state index contributed by atoms with van der Waals surface area (Å²) in [7, 11) is 0. The number of carbonyl (C=O) groups is 1. The Labute approximate surface area is 161 Å². The van der Waals surface area contributed by atoms with Gasteiger partial charge in [-0.25, -0.2) is 4.68 Å². The standard InChI is InChI=1S/C22H30N4O/c1-14-20(15(2)26(25-14)19-9-4-3-5-10-19)13-24-22(27)18-11-16-7-6-8-17(12-18)21(16)23/h3-5,9-10,16-18,21H,6-8,11-13,23H2,1-2H3,(H,24,27). The number of aromatic nitrogens is 2. The van der Waals surface area contributed by atoms with Crippen LogP contribution in [0.15, 0.2) is 30.3 Å². The van der Waals surface area contributed by atoms with Gasteiger partial charge < -0.3 is 11.1 Å². The molecule has 0 spiro atoms. The zero-order chi connectivity index (χ0) is 19.0. The molecule has 2 aliphatic rings. The molecule has 1 aromatic heterocycles. The normalized spacial score (nSPS) is 27.4. The molecular formula is C22H30N4O. The summed E-state index contributed by atoms with van der Waals surface area (Å²) in [6.45, 7) is 4.62. The maximum Gasteiger partial charge on any atom is 0.223 e. The molecule has 3 N–H and O–H groups in total. The molecular weight excluding hydrogens is 336 g/mol. The molecule has 2 saturated carbocycles. The summed E-state index contributed by atoms with van der Waals surface area (Å²) in [6, 6.07) is 10.4. The summed E-state index contributed by atoms with van der Waals surface area (Å²) >= 11 is 0. The van der Waals surface area contributed by atoms with Crippen LogP contribution in [0, 0.1) is 31.6 Å². The van der Waals surface area contributed by atoms with Crippen molar-refractivity contribution in [3.8, 4) is 5.69 Å². The molecule has 2 unspecified atom stereocenters. The lowest BCUT2D eigenvalue weighted by Gasteiger charge is -2.43. The number of para-hydroxylation sites is 1. The Morgan fingerprint density at radius 2 is 1.85 bits per heavy atom. The van der Waals surface area contributed by atoms with Crippen LogP contribution in [0.1, 0.15) is 49.1 Å². The van der Waals surface area contributed by atoms with Gasteiger partial charge in [-0.15, -0.1) is 0 Å². The minimum Gasteiger partial charge on any atom is -0.352 e. The third-order valence-corrected chi connectivity index (χ3v) is 6.67. The van der Waals surface area contributed by atoms with E-state index in [2.05, 4.69) is 17.3 Å². The summed E-state index contributed by atoms with van der Waals surface area (Å²) in [6.07, 6.45) is 5.54. The lowest BCUT2D eigenvalue weighted by atomic mass is 9.65. The van der Waals surface area contributed by atoms with Crippen molar-refractivity contribution in [1.29, 1.82) is 0 Å². The van der Waals surface area contributed by atoms with Crippen molar-refractivity contribution in [3.63, 3.8) is 0 Å². The first-order valence-electron chi connectivity index (χ1n) is 10.2. The van der Waals surface area contributed by atoms with E-state index in [1.54, 1.807) is 0 Å². The molecule has 2 bridgehead atoms. The average Bonchev–Trinajstić information content (AvgIpc) is 2.94. The van der Waals surface area contributed by atoms with Crippen LogP contribution >= 0.6 is 0 Å². The van der Waals surface area contributed by atoms with Crippen LogP contribution in [0.4, 0.5) is 0 Å². The fourth-order valence-electron chi connectivity index (χ4n) is 5.07. The van der Waals surface area contributed by atoms with E-state index < -0.39 is 0 Å². The number of nitrogens with zero attached hydrogens (tertiary/aromatic N) is 2. The summed E-state index contributed by atoms with van der Waals surface area (Å²) in [5.41, 5.74) is 10.6. The van der Waals surface area contributed by atoms with E-state index in [1.807, 2.05) is 41.9 Å². The molecule has 5 nitrogen and oxygen atoms in total. The van der Waals surface area contributed by atoms with Crippen molar-refractivity contribution in [2.45, 2.75) is 58.5 Å². The third kappa shape index (κ3) is 3.53. The van der Waals surface area contributed by atoms with Gasteiger partial charge in [-0.1, -0.05) is 24.6 Å². The topological polar surface area (TPSA) is 72.9 Å². The van der Waals surface area contributed by atoms with E-state index in [0.29, 0.717) is 24.4 Å². The predicted octanol–water partition coefficient (Wildman–Crippen LogP) is 3.26. The van der Waals surface area contributed by atoms with E-state index in [-0.39, 0.29) is 11.8 Å². The predicted molar refractivity (Wildman–Crippen MR) is 106 cm³/mol. The second-order valence-electron chi connectivity index (χ2n) is 8.31. The highest BCUT2D eigenvalue weighted by molar-refractivity contribution is 5.78. The number of benzene rings is 1. The Morgan fingerprint density at radius 1 is 1.19 bits per heavy atom. The van der Waals surface area contributed by atoms with Crippen molar-refractivity contribution in [2.24, 2.45) is 23.5 Å². The maximum absolute atomic E-state index is 12.8. The second-order valence-corrected chi connectivity index (χ2v) is 8.31. The molecule has 144 valence electrons. The van der Waals surface area contributed by atoms with Crippen LogP contribution < -0.4 is 11.1 Å². The van der Waals surface area contributed by atoms with Crippen molar-refractivity contribution in [1.82, 2.24) is 15.1 Å². The molecule has 0 aliphatic heterocycles. The van der Waals surface area contributed by atoms with Gasteiger partial charge in [-0.2, -0.15) is 5.10 Å². The van der Waals surface area contributed by atoms with E-state index >= 15 is 0 Å². The zero-order valence-electron chi connectivity index (χ0n) is 16.3. The Bertz CT molecular complexity index is 799. The number of nitrogens with one attached hydrogen (secondary N) is 1. The number of amides is 1. The van der Waals surface area contributed by atoms with Crippen LogP contribution in [0.3, 0.4) is 0 Å². The summed E-state index contributed by atoms with van der Waals surface area (Å²) in [5, 5.41) is 7.86. The lowest BCUT2D eigenvalue weighted by molar-refractivity contribution is -0.128. The minimum atomic E-state index is 0.116. The largest absolute Gasteiger partial charge is 0.352 e. The molecule has 0 radical (unpaired) electrons. The van der Waals surface area contributed by atoms with Gasteiger partial charge in [0.15, 0.2) is 0 Å². The third-order valence-electron chi connectivity index (χ3n) is 6.67. The van der Waals surface area contributed by atoms with Gasteiger partial charge in [-0.3, -0.25) is 4.79 Å². The van der Waals surface area contributed by atoms with Crippen LogP contribution in [-0.4, -0.2) is 21.7 Å². The van der Waals surface area contributed by atoms with Crippen molar-refractivity contribution < 1.29 is 4.79 Å². The molecule has 2 aromatic rings. The first-order chi connectivity index (χ1) is 13.0. The smallest absolute Gasteiger partial charge is 0.223 e. The van der Waals surface area contributed by atoms with E-state index in [4.69, 9.17) is 5.73 Å². The van der Waals surface area contributed by atoms with Gasteiger partial charge in [0, 0.05) is 29.8 Å². The monoisotopic (exact) mass is 366 g/mol. The van der Waals surface area contributed by atoms with Gasteiger partial charge in [0.05, 0.1) is 11.4 Å². The van der Waals surface area contributed by atoms with E-state index in [1.165, 1.54) is 19.3 Å². The molecule has 0 saturated heterocycles. The molecule has 1 aromatic carbocycles. The molecule has 4 rings (SSSR count). The minimum absolute atomic E-state index is 0.116. The Kier molecular flexibility index (Phi) is 5.04. The first kappa shape index (κ1) is 18.2. The van der Waals surface area contributed by atoms with Crippen molar-refractivity contribution in [2.75, 3.05) is 0 Å². The Morgan fingerprint density at radius 3 is 2.52 bits per heavy atom. The number of rotatable bonds is 4. The highest BCUT2D eigenvalue weighted by atomic mass is 16.1. The SMILES string of the molecule is Cc1nn(-c2ccccc2)c(C)c1CNC(=O)C1CC2CCCC(C1)C2N. The van der Waals surface area contributed by atoms with Gasteiger partial charge in [0.2, 0.25) is 5.91 Å². The summed E-state index contributed by atoms with van der Waals surface area (Å²) in [4.78, 5) is 12.8. The number of nitrogens with two attached hydrogens (primary N) is 1. The highest BCUT2D eigenvalue weighted by Crippen LogP contribution is 2.41. The summed E-state index contributed by atoms with van der Waals surface area (Å²) in [5.74, 6) is 1.35. The van der Waals surface area contributed by atoms with Crippen LogP contribution in [0.2, 0.25) is 0 Å². The van der Waals surface area contributed by atoms with Gasteiger partial charge in [0.25, 0.3) is 0 Å². The van der Waals surface area contributed by atoms with Crippen LogP contribution in [0.25, 0.3) is 5.69 Å². The van der Waals surface area contributed by atoms with E-state index in [9.17, 15) is 4.79 Å². The van der Waals surface area contributed by atoms with Gasteiger partial charge in [0.1, 0.15) is 0 Å². The lowest BCUT2D eigenvalue weighted by Crippen LogP contribution is -2.49. The molecule has 27 heavy (non-hydrogen) atoms. The highest BCUT2D eigenvalue weighted by Gasteiger charge is 2.40. The molecule has 2 fully saturated rings. The van der Waals surface area contributed by atoms with E-state index in [0.717, 1.165) is 35.5 Å². The average molecular weight is 367 g/mol. The molecule has 2 atom stereocenters. The molecule has 1 amide bonds. The van der Waals surface area contributed by atoms with Crippen molar-refractivity contribution in [3.05, 3.63) is 47.3 Å². The number of hydrogen-bond donors (Lipinski definition) is 2. The number of hydrogen-bond acceptors (Lipinski definition) is 3. The maximum atomic E-state index is 12.8. The van der Waals surface area contributed by atoms with Crippen LogP contribution in [-0.2, 0) is 11.3 Å². The number of fused-ring (bicyclic) bond motifs is 2. The van der Waals surface area contributed by atoms with Gasteiger partial charge >= 0.3 is 0 Å². The fraction of sp³-hybridized carbons (Fsp3) is 0.545. The quantitative estimate of drug-likeness (QED) is 0.872. The number of carbonyl (C=O) groups excluding carboxylic acids is 1. The van der Waals surface area contributed by atoms with Crippen molar-refractivity contribution >= 4 is 5.91 Å². The Hall–Kier alpha value is -2.14. The first-order valence-corrected chi connectivity index (χ1v) is 10.2. The number of aryl methyl sites for hydroxylation is 1. The summed E-state index contributed by atoms with van der Waals surface area (Å²) < 4.78 is 1.96. The molecule has 5 heteroatoms. The zero-order valence-corrected chi connectivity index (χ0v) is 16.3. The Balaban J connectivity index is 1.43. The van der Waals surface area contributed by atoms with Crippen LogP contribution in [0.5, 0.6) is 0 Å². The molecule has 1 heterocycles. The van der Waals surface area contributed by atoms with Gasteiger partial charge in [-0.05, 0) is 63.5 Å². The fourth-order valence-corrected chi connectivity index (χ4v) is 5.07.